The van der Waals surface area contributed by atoms with Gasteiger partial charge in [-0.3, -0.25) is 9.59 Å². The van der Waals surface area contributed by atoms with Gasteiger partial charge in [-0.1, -0.05) is 18.2 Å². The van der Waals surface area contributed by atoms with Crippen LogP contribution in [0.2, 0.25) is 0 Å². The maximum absolute atomic E-state index is 14.1. The highest BCUT2D eigenvalue weighted by Crippen LogP contribution is 2.28. The fourth-order valence-corrected chi connectivity index (χ4v) is 4.63. The van der Waals surface area contributed by atoms with Crippen molar-refractivity contribution in [1.82, 2.24) is 10.3 Å². The van der Waals surface area contributed by atoms with E-state index in [-0.39, 0.29) is 11.7 Å². The molecule has 0 unspecified atom stereocenters. The average Bonchev–Trinajstić information content (AvgIpc) is 3.37. The third-order valence-electron chi connectivity index (χ3n) is 5.39. The molecule has 4 aromatic rings. The number of halogens is 1. The first-order chi connectivity index (χ1) is 14.8. The topological polar surface area (TPSA) is 88.0 Å². The van der Waals surface area contributed by atoms with Gasteiger partial charge in [0.25, 0.3) is 5.91 Å². The van der Waals surface area contributed by atoms with Gasteiger partial charge in [0.1, 0.15) is 5.82 Å². The first-order valence-electron chi connectivity index (χ1n) is 9.88. The van der Waals surface area contributed by atoms with E-state index in [1.165, 1.54) is 17.4 Å². The second kappa shape index (κ2) is 8.35. The van der Waals surface area contributed by atoms with Gasteiger partial charge in [0.05, 0.1) is 10.4 Å². The van der Waals surface area contributed by atoms with E-state index in [1.54, 1.807) is 30.3 Å². The van der Waals surface area contributed by atoms with Gasteiger partial charge in [-0.25, -0.2) is 4.39 Å². The monoisotopic (exact) mass is 435 g/mol. The fourth-order valence-electron chi connectivity index (χ4n) is 3.80. The van der Waals surface area contributed by atoms with Gasteiger partial charge in [-0.15, -0.1) is 11.3 Å². The Hall–Kier alpha value is -3.45. The summed E-state index contributed by atoms with van der Waals surface area (Å²) in [6.45, 7) is 4.31. The van der Waals surface area contributed by atoms with Crippen molar-refractivity contribution in [2.24, 2.45) is 5.73 Å². The van der Waals surface area contributed by atoms with Crippen LogP contribution in [0.3, 0.4) is 0 Å². The predicted octanol–water partition coefficient (Wildman–Crippen LogP) is 4.72. The van der Waals surface area contributed by atoms with Gasteiger partial charge in [0, 0.05) is 23.2 Å². The van der Waals surface area contributed by atoms with Crippen molar-refractivity contribution in [3.05, 3.63) is 80.9 Å². The van der Waals surface area contributed by atoms with Gasteiger partial charge in [0.15, 0.2) is 0 Å². The van der Waals surface area contributed by atoms with Gasteiger partial charge in [-0.2, -0.15) is 0 Å². The van der Waals surface area contributed by atoms with E-state index in [2.05, 4.69) is 10.3 Å². The molecular formula is C24H22FN3O2S. The zero-order valence-corrected chi connectivity index (χ0v) is 18.0. The van der Waals surface area contributed by atoms with Crippen LogP contribution in [0.25, 0.3) is 22.0 Å². The summed E-state index contributed by atoms with van der Waals surface area (Å²) in [6.07, 6.45) is 0.598. The summed E-state index contributed by atoms with van der Waals surface area (Å²) in [7, 11) is 0. The van der Waals surface area contributed by atoms with Crippen molar-refractivity contribution in [3.8, 4) is 11.1 Å². The normalized spacial score (nSPS) is 11.1. The lowest BCUT2D eigenvalue weighted by atomic mass is 10.0. The van der Waals surface area contributed by atoms with Crippen LogP contribution in [0, 0.1) is 19.7 Å². The highest BCUT2D eigenvalue weighted by molar-refractivity contribution is 7.12. The Morgan fingerprint density at radius 3 is 2.71 bits per heavy atom. The number of primary amides is 1. The van der Waals surface area contributed by atoms with Gasteiger partial charge in [-0.05, 0) is 72.2 Å². The number of benzene rings is 2. The third kappa shape index (κ3) is 4.09. The molecule has 4 rings (SSSR count). The molecule has 0 saturated heterocycles. The van der Waals surface area contributed by atoms with Crippen molar-refractivity contribution < 1.29 is 14.0 Å². The van der Waals surface area contributed by atoms with E-state index in [0.29, 0.717) is 28.9 Å². The van der Waals surface area contributed by atoms with Crippen molar-refractivity contribution in [1.29, 1.82) is 0 Å². The average molecular weight is 436 g/mol. The molecule has 2 aromatic heterocycles. The Labute approximate surface area is 183 Å². The molecule has 4 N–H and O–H groups in total. The molecular weight excluding hydrogens is 413 g/mol. The summed E-state index contributed by atoms with van der Waals surface area (Å²) in [5, 5.41) is 5.72. The van der Waals surface area contributed by atoms with Crippen LogP contribution in [-0.2, 0) is 6.42 Å². The van der Waals surface area contributed by atoms with Crippen molar-refractivity contribution >= 4 is 34.1 Å². The molecule has 0 saturated carbocycles. The minimum Gasteiger partial charge on any atom is -0.366 e. The number of H-pyrrole nitrogens is 1. The quantitative estimate of drug-likeness (QED) is 0.409. The van der Waals surface area contributed by atoms with Crippen molar-refractivity contribution in [2.75, 3.05) is 6.54 Å². The summed E-state index contributed by atoms with van der Waals surface area (Å²) >= 11 is 1.34. The number of thiophene rings is 1. The molecule has 0 aliphatic rings. The highest BCUT2D eigenvalue weighted by atomic mass is 32.1. The molecule has 0 spiro atoms. The largest absolute Gasteiger partial charge is 0.366 e. The lowest BCUT2D eigenvalue weighted by Crippen LogP contribution is -2.25. The molecule has 0 atom stereocenters. The number of amides is 2. The zero-order chi connectivity index (χ0) is 22.1. The number of aromatic amines is 1. The molecule has 5 nitrogen and oxygen atoms in total. The number of rotatable bonds is 6. The smallest absolute Gasteiger partial charge is 0.261 e. The summed E-state index contributed by atoms with van der Waals surface area (Å²) < 4.78 is 14.1. The molecule has 0 fully saturated rings. The summed E-state index contributed by atoms with van der Waals surface area (Å²) in [4.78, 5) is 27.7. The van der Waals surface area contributed by atoms with Crippen LogP contribution in [0.4, 0.5) is 4.39 Å². The molecule has 0 bridgehead atoms. The Kier molecular flexibility index (Phi) is 5.61. The first-order valence-corrected chi connectivity index (χ1v) is 10.8. The summed E-state index contributed by atoms with van der Waals surface area (Å²) in [5.74, 6) is -0.925. The maximum atomic E-state index is 14.1. The minimum absolute atomic E-state index is 0.164. The van der Waals surface area contributed by atoms with Gasteiger partial charge in [0.2, 0.25) is 5.91 Å². The maximum Gasteiger partial charge on any atom is 0.261 e. The van der Waals surface area contributed by atoms with Crippen LogP contribution in [0.15, 0.2) is 47.8 Å². The molecule has 2 amide bonds. The van der Waals surface area contributed by atoms with E-state index in [4.69, 9.17) is 5.73 Å². The number of nitrogens with two attached hydrogens (primary N) is 1. The minimum atomic E-state index is -0.488. The van der Waals surface area contributed by atoms with Crippen LogP contribution in [0.5, 0.6) is 0 Å². The van der Waals surface area contributed by atoms with Crippen molar-refractivity contribution in [3.63, 3.8) is 0 Å². The lowest BCUT2D eigenvalue weighted by molar-refractivity contribution is 0.0956. The number of hydrogen-bond donors (Lipinski definition) is 3. The molecule has 7 heteroatoms. The van der Waals surface area contributed by atoms with E-state index < -0.39 is 5.91 Å². The summed E-state index contributed by atoms with van der Waals surface area (Å²) in [6, 6.07) is 12.1. The van der Waals surface area contributed by atoms with E-state index in [0.717, 1.165) is 33.3 Å². The van der Waals surface area contributed by atoms with Crippen molar-refractivity contribution in [2.45, 2.75) is 20.3 Å². The second-order valence-corrected chi connectivity index (χ2v) is 8.40. The Balaban J connectivity index is 1.46. The van der Waals surface area contributed by atoms with E-state index >= 15 is 0 Å². The Morgan fingerprint density at radius 1 is 1.13 bits per heavy atom. The molecule has 31 heavy (non-hydrogen) atoms. The fraction of sp³-hybridized carbons (Fsp3) is 0.167. The lowest BCUT2D eigenvalue weighted by Gasteiger charge is -2.06. The Morgan fingerprint density at radius 2 is 1.94 bits per heavy atom. The zero-order valence-electron chi connectivity index (χ0n) is 17.2. The second-order valence-electron chi connectivity index (χ2n) is 7.49. The third-order valence-corrected chi connectivity index (χ3v) is 6.32. The molecule has 2 heterocycles. The van der Waals surface area contributed by atoms with Crippen LogP contribution >= 0.6 is 11.3 Å². The molecule has 0 radical (unpaired) electrons. The first kappa shape index (κ1) is 20.8. The Bertz CT molecular complexity index is 1310. The van der Waals surface area contributed by atoms with Gasteiger partial charge >= 0.3 is 0 Å². The summed E-state index contributed by atoms with van der Waals surface area (Å²) in [5.41, 5.74) is 10.9. The van der Waals surface area contributed by atoms with E-state index in [1.807, 2.05) is 25.3 Å². The van der Waals surface area contributed by atoms with E-state index in [9.17, 15) is 14.0 Å². The molecule has 0 aliphatic heterocycles. The number of aromatic nitrogens is 1. The number of fused-ring (bicyclic) bond motifs is 1. The standard InChI is InChI=1S/C24H22FN3O2S/c1-13-6-7-19(25)22-21(13)18(14(2)28-22)8-9-27-24(30)20-11-17(12-31-20)15-4-3-5-16(10-15)23(26)29/h3-7,10-12,28H,8-9H2,1-2H3,(H2,26,29)(H,27,30). The molecule has 158 valence electrons. The molecule has 0 aliphatic carbocycles. The number of nitrogens with one attached hydrogen (secondary N) is 2. The van der Waals surface area contributed by atoms with Crippen LogP contribution in [0.1, 0.15) is 36.9 Å². The predicted molar refractivity (Wildman–Crippen MR) is 122 cm³/mol. The number of carbonyl (C=O) groups is 2. The number of hydrogen-bond acceptors (Lipinski definition) is 3. The van der Waals surface area contributed by atoms with Gasteiger partial charge < -0.3 is 16.0 Å². The van der Waals surface area contributed by atoms with Crippen LogP contribution in [-0.4, -0.2) is 23.3 Å². The highest BCUT2D eigenvalue weighted by Gasteiger charge is 2.15. The SMILES string of the molecule is Cc1[nH]c2c(F)ccc(C)c2c1CCNC(=O)c1cc(-c2cccc(C(N)=O)c2)cs1. The number of carbonyl (C=O) groups excluding carboxylic acids is 2. The number of aryl methyl sites for hydroxylation is 2. The molecule has 2 aromatic carbocycles. The van der Waals surface area contributed by atoms with Crippen LogP contribution < -0.4 is 11.1 Å².